The highest BCUT2D eigenvalue weighted by atomic mass is 35.5. The molecule has 1 aliphatic rings. The molecule has 0 saturated heterocycles. The van der Waals surface area contributed by atoms with E-state index in [0.29, 0.717) is 29.1 Å². The van der Waals surface area contributed by atoms with Crippen molar-refractivity contribution < 1.29 is 4.92 Å². The highest BCUT2D eigenvalue weighted by Gasteiger charge is 2.22. The van der Waals surface area contributed by atoms with Gasteiger partial charge in [0, 0.05) is 18.7 Å². The Kier molecular flexibility index (Phi) is 5.38. The maximum atomic E-state index is 11.0. The molecule has 0 spiro atoms. The number of nitrogens with zero attached hydrogens (tertiary/aromatic N) is 1. The fourth-order valence-corrected chi connectivity index (χ4v) is 3.19. The lowest BCUT2D eigenvalue weighted by molar-refractivity contribution is -0.385. The first kappa shape index (κ1) is 15.3. The zero-order valence-corrected chi connectivity index (χ0v) is 12.5. The van der Waals surface area contributed by atoms with Crippen LogP contribution < -0.4 is 5.32 Å². The van der Waals surface area contributed by atoms with Crippen molar-refractivity contribution in [3.05, 3.63) is 38.9 Å². The predicted octanol–water partition coefficient (Wildman–Crippen LogP) is 4.31. The van der Waals surface area contributed by atoms with E-state index in [0.717, 1.165) is 0 Å². The summed E-state index contributed by atoms with van der Waals surface area (Å²) in [6.45, 7) is 2.62. The first-order valence-electron chi connectivity index (χ1n) is 7.24. The van der Waals surface area contributed by atoms with Gasteiger partial charge in [-0.05, 0) is 31.7 Å². The SMILES string of the molecule is CC(NCc1c(Cl)cccc1[N+](=O)[O-])C1CCCCC1. The Morgan fingerprint density at radius 1 is 1.40 bits per heavy atom. The van der Waals surface area contributed by atoms with E-state index < -0.39 is 0 Å². The van der Waals surface area contributed by atoms with Crippen LogP contribution in [-0.4, -0.2) is 11.0 Å². The molecule has 0 aliphatic heterocycles. The summed E-state index contributed by atoms with van der Waals surface area (Å²) in [5.41, 5.74) is 0.683. The van der Waals surface area contributed by atoms with Crippen LogP contribution in [0.15, 0.2) is 18.2 Å². The van der Waals surface area contributed by atoms with E-state index in [9.17, 15) is 10.1 Å². The third-order valence-electron chi connectivity index (χ3n) is 4.25. The Labute approximate surface area is 124 Å². The quantitative estimate of drug-likeness (QED) is 0.651. The second-order valence-corrected chi connectivity index (χ2v) is 5.97. The molecule has 0 bridgehead atoms. The van der Waals surface area contributed by atoms with Gasteiger partial charge < -0.3 is 5.32 Å². The molecule has 1 atom stereocenters. The Morgan fingerprint density at radius 2 is 2.10 bits per heavy atom. The summed E-state index contributed by atoms with van der Waals surface area (Å²) in [5, 5.41) is 14.9. The van der Waals surface area contributed by atoms with E-state index in [1.54, 1.807) is 12.1 Å². The summed E-state index contributed by atoms with van der Waals surface area (Å²) in [6.07, 6.45) is 6.42. The lowest BCUT2D eigenvalue weighted by Crippen LogP contribution is -2.34. The van der Waals surface area contributed by atoms with Crippen molar-refractivity contribution >= 4 is 17.3 Å². The molecule has 1 aromatic carbocycles. The van der Waals surface area contributed by atoms with Gasteiger partial charge in [0.2, 0.25) is 0 Å². The summed E-state index contributed by atoms with van der Waals surface area (Å²) in [7, 11) is 0. The lowest BCUT2D eigenvalue weighted by Gasteiger charge is -2.28. The Hall–Kier alpha value is -1.13. The van der Waals surface area contributed by atoms with Crippen molar-refractivity contribution in [2.75, 3.05) is 0 Å². The number of nitrogens with one attached hydrogen (secondary N) is 1. The van der Waals surface area contributed by atoms with Gasteiger partial charge in [0.15, 0.2) is 0 Å². The van der Waals surface area contributed by atoms with E-state index in [-0.39, 0.29) is 10.6 Å². The number of nitro benzene ring substituents is 1. The van der Waals surface area contributed by atoms with Crippen LogP contribution in [0, 0.1) is 16.0 Å². The van der Waals surface area contributed by atoms with E-state index in [2.05, 4.69) is 12.2 Å². The van der Waals surface area contributed by atoms with Crippen molar-refractivity contribution in [1.82, 2.24) is 5.32 Å². The number of hydrogen-bond acceptors (Lipinski definition) is 3. The average Bonchev–Trinajstić information content (AvgIpc) is 2.46. The van der Waals surface area contributed by atoms with Crippen LogP contribution in [0.4, 0.5) is 5.69 Å². The molecule has 20 heavy (non-hydrogen) atoms. The van der Waals surface area contributed by atoms with Crippen molar-refractivity contribution in [3.8, 4) is 0 Å². The lowest BCUT2D eigenvalue weighted by atomic mass is 9.84. The summed E-state index contributed by atoms with van der Waals surface area (Å²) < 4.78 is 0. The molecule has 1 aromatic rings. The zero-order chi connectivity index (χ0) is 14.5. The molecular weight excluding hydrogens is 276 g/mol. The van der Waals surface area contributed by atoms with Crippen LogP contribution in [0.5, 0.6) is 0 Å². The molecular formula is C15H21ClN2O2. The molecule has 0 aromatic heterocycles. The molecule has 0 radical (unpaired) electrons. The molecule has 4 nitrogen and oxygen atoms in total. The second-order valence-electron chi connectivity index (χ2n) is 5.56. The summed E-state index contributed by atoms with van der Waals surface area (Å²) in [6, 6.07) is 5.20. The molecule has 1 N–H and O–H groups in total. The van der Waals surface area contributed by atoms with Gasteiger partial charge in [0.05, 0.1) is 15.5 Å². The smallest absolute Gasteiger partial charge is 0.275 e. The third kappa shape index (κ3) is 3.70. The zero-order valence-electron chi connectivity index (χ0n) is 11.8. The van der Waals surface area contributed by atoms with E-state index in [1.165, 1.54) is 38.2 Å². The Morgan fingerprint density at radius 3 is 2.75 bits per heavy atom. The largest absolute Gasteiger partial charge is 0.310 e. The maximum absolute atomic E-state index is 11.0. The van der Waals surface area contributed by atoms with Crippen LogP contribution in [0.2, 0.25) is 5.02 Å². The van der Waals surface area contributed by atoms with Crippen molar-refractivity contribution in [2.45, 2.75) is 51.6 Å². The van der Waals surface area contributed by atoms with E-state index >= 15 is 0 Å². The molecule has 0 amide bonds. The minimum absolute atomic E-state index is 0.0980. The molecule has 110 valence electrons. The Bertz CT molecular complexity index is 473. The number of halogens is 1. The first-order valence-corrected chi connectivity index (χ1v) is 7.62. The van der Waals surface area contributed by atoms with Crippen LogP contribution in [-0.2, 0) is 6.54 Å². The van der Waals surface area contributed by atoms with Gasteiger partial charge in [-0.1, -0.05) is 36.9 Å². The monoisotopic (exact) mass is 296 g/mol. The van der Waals surface area contributed by atoms with Crippen molar-refractivity contribution in [1.29, 1.82) is 0 Å². The molecule has 0 heterocycles. The van der Waals surface area contributed by atoms with Gasteiger partial charge in [-0.3, -0.25) is 10.1 Å². The van der Waals surface area contributed by atoms with Crippen LogP contribution in [0.3, 0.4) is 0 Å². The molecule has 5 heteroatoms. The average molecular weight is 297 g/mol. The van der Waals surface area contributed by atoms with Crippen molar-refractivity contribution in [2.24, 2.45) is 5.92 Å². The van der Waals surface area contributed by atoms with Gasteiger partial charge in [0.1, 0.15) is 0 Å². The van der Waals surface area contributed by atoms with Crippen LogP contribution >= 0.6 is 11.6 Å². The maximum Gasteiger partial charge on any atom is 0.275 e. The summed E-state index contributed by atoms with van der Waals surface area (Å²) in [4.78, 5) is 10.7. The normalized spacial score (nSPS) is 17.9. The third-order valence-corrected chi connectivity index (χ3v) is 4.60. The minimum atomic E-state index is -0.367. The first-order chi connectivity index (χ1) is 9.59. The van der Waals surface area contributed by atoms with Gasteiger partial charge in [-0.25, -0.2) is 0 Å². The molecule has 2 rings (SSSR count). The van der Waals surface area contributed by atoms with Gasteiger partial charge >= 0.3 is 0 Å². The number of nitro groups is 1. The minimum Gasteiger partial charge on any atom is -0.310 e. The molecule has 1 unspecified atom stereocenters. The Balaban J connectivity index is 2.01. The second kappa shape index (κ2) is 7.04. The number of benzene rings is 1. The molecule has 1 fully saturated rings. The van der Waals surface area contributed by atoms with Crippen molar-refractivity contribution in [3.63, 3.8) is 0 Å². The van der Waals surface area contributed by atoms with E-state index in [1.807, 2.05) is 0 Å². The number of rotatable bonds is 5. The highest BCUT2D eigenvalue weighted by molar-refractivity contribution is 6.31. The molecule has 1 aliphatic carbocycles. The van der Waals surface area contributed by atoms with Gasteiger partial charge in [0.25, 0.3) is 5.69 Å². The van der Waals surface area contributed by atoms with Gasteiger partial charge in [-0.2, -0.15) is 0 Å². The summed E-state index contributed by atoms with van der Waals surface area (Å²) in [5.74, 6) is 0.672. The fourth-order valence-electron chi connectivity index (χ4n) is 2.96. The van der Waals surface area contributed by atoms with Crippen LogP contribution in [0.1, 0.15) is 44.6 Å². The highest BCUT2D eigenvalue weighted by Crippen LogP contribution is 2.28. The predicted molar refractivity (Wildman–Crippen MR) is 81.0 cm³/mol. The van der Waals surface area contributed by atoms with Gasteiger partial charge in [-0.15, -0.1) is 0 Å². The summed E-state index contributed by atoms with van der Waals surface area (Å²) >= 11 is 6.10. The topological polar surface area (TPSA) is 55.2 Å². The number of hydrogen-bond donors (Lipinski definition) is 1. The van der Waals surface area contributed by atoms with E-state index in [4.69, 9.17) is 11.6 Å². The van der Waals surface area contributed by atoms with Crippen LogP contribution in [0.25, 0.3) is 0 Å². The fraction of sp³-hybridized carbons (Fsp3) is 0.600. The standard InChI is InChI=1S/C15H21ClN2O2/c1-11(12-6-3-2-4-7-12)17-10-13-14(16)8-5-9-15(13)18(19)20/h5,8-9,11-12,17H,2-4,6-7,10H2,1H3. The molecule has 1 saturated carbocycles.